The number of aryl methyl sites for hydroxylation is 1. The van der Waals surface area contributed by atoms with Gasteiger partial charge in [-0.1, -0.05) is 6.42 Å². The largest absolute Gasteiger partial charge is 0.335 e. The van der Waals surface area contributed by atoms with Crippen molar-refractivity contribution in [2.45, 2.75) is 50.0 Å². The van der Waals surface area contributed by atoms with E-state index in [1.165, 1.54) is 12.1 Å². The van der Waals surface area contributed by atoms with E-state index in [0.29, 0.717) is 11.5 Å². The van der Waals surface area contributed by atoms with E-state index in [1.54, 1.807) is 23.9 Å². The van der Waals surface area contributed by atoms with Crippen LogP contribution >= 0.6 is 0 Å². The fourth-order valence-corrected chi connectivity index (χ4v) is 3.69. The number of hydrogen-bond acceptors (Lipinski definition) is 2. The van der Waals surface area contributed by atoms with Gasteiger partial charge in [0.15, 0.2) is 0 Å². The third kappa shape index (κ3) is 3.52. The highest BCUT2D eigenvalue weighted by molar-refractivity contribution is 5.91. The fourth-order valence-electron chi connectivity index (χ4n) is 3.69. The number of benzene rings is 1. The van der Waals surface area contributed by atoms with Crippen molar-refractivity contribution >= 4 is 11.8 Å². The molecule has 2 saturated carbocycles. The van der Waals surface area contributed by atoms with E-state index in [9.17, 15) is 18.0 Å². The van der Waals surface area contributed by atoms with Gasteiger partial charge in [0.1, 0.15) is 11.6 Å². The van der Waals surface area contributed by atoms with Gasteiger partial charge < -0.3 is 5.32 Å². The van der Waals surface area contributed by atoms with Gasteiger partial charge in [0.25, 0.3) is 5.92 Å². The molecule has 2 N–H and O–H groups in total. The fraction of sp³-hybridized carbons (Fsp3) is 0.474. The van der Waals surface area contributed by atoms with Crippen LogP contribution in [0.5, 0.6) is 0 Å². The molecular weight excluding hydrogens is 357 g/mol. The molecule has 5 nitrogen and oxygen atoms in total. The van der Waals surface area contributed by atoms with E-state index in [2.05, 4.69) is 15.7 Å². The number of hydrogen-bond donors (Lipinski definition) is 2. The molecule has 2 fully saturated rings. The molecule has 0 bridgehead atoms. The predicted molar refractivity (Wildman–Crippen MR) is 95.3 cm³/mol. The zero-order valence-electron chi connectivity index (χ0n) is 14.9. The summed E-state index contributed by atoms with van der Waals surface area (Å²) >= 11 is 0. The Morgan fingerprint density at radius 1 is 1.22 bits per heavy atom. The summed E-state index contributed by atoms with van der Waals surface area (Å²) in [6.07, 6.45) is 2.42. The van der Waals surface area contributed by atoms with Crippen LogP contribution in [-0.4, -0.2) is 27.8 Å². The number of rotatable bonds is 4. The number of carbonyl (C=O) groups excluding carboxylic acids is 1. The standard InChI is InChI=1S/C19H21F3N4O/c1-26-17(24-18(27)23-14-9-19(21,22)10-14)15(11-3-2-4-11)16(25-26)12-5-7-13(20)8-6-12/h5-8,11,14H,2-4,9-10H2,1H3,(H2,23,24,27). The molecule has 8 heteroatoms. The van der Waals surface area contributed by atoms with Crippen molar-refractivity contribution < 1.29 is 18.0 Å². The second-order valence-corrected chi connectivity index (χ2v) is 7.43. The Morgan fingerprint density at radius 2 is 1.89 bits per heavy atom. The molecular formula is C19H21F3N4O. The lowest BCUT2D eigenvalue weighted by Crippen LogP contribution is -2.51. The third-order valence-corrected chi connectivity index (χ3v) is 5.37. The summed E-state index contributed by atoms with van der Waals surface area (Å²) in [5, 5.41) is 9.91. The molecule has 2 amide bonds. The van der Waals surface area contributed by atoms with Gasteiger partial charge in [-0.25, -0.2) is 18.0 Å². The minimum Gasteiger partial charge on any atom is -0.335 e. The number of anilines is 1. The second kappa shape index (κ2) is 6.58. The lowest BCUT2D eigenvalue weighted by atomic mass is 9.79. The van der Waals surface area contributed by atoms with E-state index >= 15 is 0 Å². The quantitative estimate of drug-likeness (QED) is 0.828. The maximum atomic E-state index is 13.3. The maximum absolute atomic E-state index is 13.3. The van der Waals surface area contributed by atoms with E-state index in [-0.39, 0.29) is 24.6 Å². The van der Waals surface area contributed by atoms with Gasteiger partial charge in [0.2, 0.25) is 0 Å². The molecule has 2 aromatic rings. The molecule has 0 unspecified atom stereocenters. The van der Waals surface area contributed by atoms with Crippen LogP contribution in [0.4, 0.5) is 23.8 Å². The van der Waals surface area contributed by atoms with Crippen LogP contribution in [-0.2, 0) is 7.05 Å². The predicted octanol–water partition coefficient (Wildman–Crippen LogP) is 4.41. The topological polar surface area (TPSA) is 59.0 Å². The number of urea groups is 1. The Hall–Kier alpha value is -2.51. The number of nitrogens with zero attached hydrogens (tertiary/aromatic N) is 2. The summed E-state index contributed by atoms with van der Waals surface area (Å²) in [7, 11) is 1.72. The van der Waals surface area contributed by atoms with Crippen molar-refractivity contribution in [1.82, 2.24) is 15.1 Å². The molecule has 4 rings (SSSR count). The summed E-state index contributed by atoms with van der Waals surface area (Å²) in [6.45, 7) is 0. The van der Waals surface area contributed by atoms with Gasteiger partial charge in [-0.3, -0.25) is 10.00 Å². The van der Waals surface area contributed by atoms with Gasteiger partial charge >= 0.3 is 6.03 Å². The molecule has 0 aliphatic heterocycles. The highest BCUT2D eigenvalue weighted by Gasteiger charge is 2.46. The SMILES string of the molecule is Cn1nc(-c2ccc(F)cc2)c(C2CCC2)c1NC(=O)NC1CC(F)(F)C1. The van der Waals surface area contributed by atoms with Crippen LogP contribution in [0.25, 0.3) is 11.3 Å². The first kappa shape index (κ1) is 17.9. The summed E-state index contributed by atoms with van der Waals surface area (Å²) in [6, 6.07) is 5.07. The Balaban J connectivity index is 1.58. The van der Waals surface area contributed by atoms with Crippen molar-refractivity contribution in [2.75, 3.05) is 5.32 Å². The van der Waals surface area contributed by atoms with Gasteiger partial charge in [0, 0.05) is 37.1 Å². The van der Waals surface area contributed by atoms with Gasteiger partial charge in [-0.15, -0.1) is 0 Å². The van der Waals surface area contributed by atoms with Crippen LogP contribution in [0, 0.1) is 5.82 Å². The highest BCUT2D eigenvalue weighted by Crippen LogP contribution is 2.44. The van der Waals surface area contributed by atoms with Crippen LogP contribution in [0.2, 0.25) is 0 Å². The Bertz CT molecular complexity index is 851. The molecule has 1 heterocycles. The maximum Gasteiger partial charge on any atom is 0.320 e. The van der Waals surface area contributed by atoms with Crippen LogP contribution in [0.1, 0.15) is 43.6 Å². The zero-order valence-corrected chi connectivity index (χ0v) is 14.9. The molecule has 144 valence electrons. The third-order valence-electron chi connectivity index (χ3n) is 5.37. The van der Waals surface area contributed by atoms with E-state index in [0.717, 1.165) is 30.4 Å². The van der Waals surface area contributed by atoms with E-state index < -0.39 is 18.0 Å². The molecule has 2 aliphatic rings. The van der Waals surface area contributed by atoms with Crippen molar-refractivity contribution in [3.8, 4) is 11.3 Å². The van der Waals surface area contributed by atoms with Crippen molar-refractivity contribution in [3.05, 3.63) is 35.6 Å². The van der Waals surface area contributed by atoms with Gasteiger partial charge in [0.05, 0.1) is 5.69 Å². The Kier molecular flexibility index (Phi) is 4.36. The summed E-state index contributed by atoms with van der Waals surface area (Å²) in [4.78, 5) is 12.3. The van der Waals surface area contributed by atoms with Crippen LogP contribution < -0.4 is 10.6 Å². The molecule has 0 saturated heterocycles. The number of amides is 2. The lowest BCUT2D eigenvalue weighted by Gasteiger charge is -2.35. The Labute approximate surface area is 154 Å². The van der Waals surface area contributed by atoms with Gasteiger partial charge in [-0.05, 0) is 43.0 Å². The molecule has 1 aromatic heterocycles. The first-order chi connectivity index (χ1) is 12.8. The molecule has 0 radical (unpaired) electrons. The summed E-state index contributed by atoms with van der Waals surface area (Å²) < 4.78 is 40.8. The number of carbonyl (C=O) groups is 1. The molecule has 1 aromatic carbocycles. The highest BCUT2D eigenvalue weighted by atomic mass is 19.3. The van der Waals surface area contributed by atoms with Gasteiger partial charge in [-0.2, -0.15) is 5.10 Å². The zero-order chi connectivity index (χ0) is 19.2. The molecule has 0 spiro atoms. The summed E-state index contributed by atoms with van der Waals surface area (Å²) in [5.74, 6) is -2.18. The number of alkyl halides is 2. The van der Waals surface area contributed by atoms with Crippen molar-refractivity contribution in [2.24, 2.45) is 7.05 Å². The minimum absolute atomic E-state index is 0.266. The van der Waals surface area contributed by atoms with E-state index in [1.807, 2.05) is 0 Å². The van der Waals surface area contributed by atoms with Crippen molar-refractivity contribution in [1.29, 1.82) is 0 Å². The van der Waals surface area contributed by atoms with Crippen molar-refractivity contribution in [3.63, 3.8) is 0 Å². The Morgan fingerprint density at radius 3 is 2.44 bits per heavy atom. The molecule has 27 heavy (non-hydrogen) atoms. The molecule has 2 aliphatic carbocycles. The summed E-state index contributed by atoms with van der Waals surface area (Å²) in [5.41, 5.74) is 2.41. The molecule has 0 atom stereocenters. The lowest BCUT2D eigenvalue weighted by molar-refractivity contribution is -0.0893. The van der Waals surface area contributed by atoms with E-state index in [4.69, 9.17) is 0 Å². The number of aromatic nitrogens is 2. The average molecular weight is 378 g/mol. The van der Waals surface area contributed by atoms with Crippen LogP contribution in [0.15, 0.2) is 24.3 Å². The monoisotopic (exact) mass is 378 g/mol. The number of halogens is 3. The first-order valence-corrected chi connectivity index (χ1v) is 9.10. The van der Waals surface area contributed by atoms with Crippen LogP contribution in [0.3, 0.4) is 0 Å². The minimum atomic E-state index is -2.68. The number of nitrogens with one attached hydrogen (secondary N) is 2. The first-order valence-electron chi connectivity index (χ1n) is 9.10. The normalized spacial score (nSPS) is 19.3. The smallest absolute Gasteiger partial charge is 0.320 e. The second-order valence-electron chi connectivity index (χ2n) is 7.43. The average Bonchev–Trinajstić information content (AvgIpc) is 2.82.